The average Bonchev–Trinajstić information content (AvgIpc) is 3.15. The van der Waals surface area contributed by atoms with Crippen LogP contribution in [0.3, 0.4) is 0 Å². The van der Waals surface area contributed by atoms with Gasteiger partial charge in [0.1, 0.15) is 0 Å². The Balaban J connectivity index is 1.74. The Labute approximate surface area is 151 Å². The molecule has 0 unspecified atom stereocenters. The van der Waals surface area contributed by atoms with Crippen LogP contribution in [0.4, 0.5) is 0 Å². The molecule has 1 saturated heterocycles. The van der Waals surface area contributed by atoms with E-state index in [2.05, 4.69) is 4.72 Å². The molecule has 7 nitrogen and oxygen atoms in total. The van der Waals surface area contributed by atoms with Crippen molar-refractivity contribution in [2.24, 2.45) is 0 Å². The summed E-state index contributed by atoms with van der Waals surface area (Å²) in [4.78, 5) is 1.01. The minimum absolute atomic E-state index is 0.0324. The van der Waals surface area contributed by atoms with Gasteiger partial charge in [0.25, 0.3) is 0 Å². The minimum atomic E-state index is -3.70. The summed E-state index contributed by atoms with van der Waals surface area (Å²) in [6, 6.07) is 8.95. The van der Waals surface area contributed by atoms with Gasteiger partial charge >= 0.3 is 0 Å². The number of ether oxygens (including phenoxy) is 1. The van der Waals surface area contributed by atoms with Crippen molar-refractivity contribution in [2.45, 2.75) is 16.3 Å². The summed E-state index contributed by atoms with van der Waals surface area (Å²) in [6.07, 6.45) is 0. The molecule has 2 aromatic rings. The van der Waals surface area contributed by atoms with Gasteiger partial charge in [0.15, 0.2) is 0 Å². The maximum Gasteiger partial charge on any atom is 0.243 e. The fourth-order valence-electron chi connectivity index (χ4n) is 2.39. The van der Waals surface area contributed by atoms with E-state index in [4.69, 9.17) is 4.74 Å². The van der Waals surface area contributed by atoms with Gasteiger partial charge in [0.05, 0.1) is 23.0 Å². The van der Waals surface area contributed by atoms with Crippen molar-refractivity contribution < 1.29 is 21.6 Å². The molecule has 1 aromatic carbocycles. The van der Waals surface area contributed by atoms with Gasteiger partial charge in [-0.05, 0) is 35.7 Å². The van der Waals surface area contributed by atoms with E-state index in [9.17, 15) is 16.8 Å². The standard InChI is InChI=1S/C15H18N2O5S3/c18-24(19,16-12-13-2-1-11-23-13)14-3-5-15(6-4-14)25(20,21)17-7-9-22-10-8-17/h1-6,11,16H,7-10,12H2. The van der Waals surface area contributed by atoms with Crippen molar-refractivity contribution in [3.8, 4) is 0 Å². The molecule has 1 N–H and O–H groups in total. The average molecular weight is 403 g/mol. The van der Waals surface area contributed by atoms with E-state index in [-0.39, 0.29) is 16.3 Å². The number of morpholine rings is 1. The lowest BCUT2D eigenvalue weighted by molar-refractivity contribution is 0.0730. The molecular weight excluding hydrogens is 384 g/mol. The second-order valence-electron chi connectivity index (χ2n) is 5.39. The van der Waals surface area contributed by atoms with Crippen LogP contribution in [0.1, 0.15) is 4.88 Å². The summed E-state index contributed by atoms with van der Waals surface area (Å²) in [5, 5.41) is 1.87. The molecule has 0 aliphatic carbocycles. The first kappa shape index (κ1) is 18.5. The highest BCUT2D eigenvalue weighted by molar-refractivity contribution is 7.89. The zero-order valence-corrected chi connectivity index (χ0v) is 15.7. The van der Waals surface area contributed by atoms with Gasteiger partial charge in [-0.1, -0.05) is 6.07 Å². The predicted octanol–water partition coefficient (Wildman–Crippen LogP) is 1.25. The smallest absolute Gasteiger partial charge is 0.243 e. The fraction of sp³-hybridized carbons (Fsp3) is 0.333. The van der Waals surface area contributed by atoms with Crippen LogP contribution in [0.2, 0.25) is 0 Å². The molecule has 0 bridgehead atoms. The number of nitrogens with one attached hydrogen (secondary N) is 1. The topological polar surface area (TPSA) is 92.8 Å². The van der Waals surface area contributed by atoms with Crippen LogP contribution >= 0.6 is 11.3 Å². The van der Waals surface area contributed by atoms with Crippen LogP contribution in [0, 0.1) is 0 Å². The number of hydrogen-bond acceptors (Lipinski definition) is 6. The molecule has 3 rings (SSSR count). The largest absolute Gasteiger partial charge is 0.379 e. The summed E-state index contributed by atoms with van der Waals surface area (Å²) in [7, 11) is -7.33. The van der Waals surface area contributed by atoms with Crippen molar-refractivity contribution in [3.05, 3.63) is 46.7 Å². The molecule has 1 fully saturated rings. The number of thiophene rings is 1. The molecule has 25 heavy (non-hydrogen) atoms. The molecule has 0 saturated carbocycles. The number of hydrogen-bond donors (Lipinski definition) is 1. The Hall–Kier alpha value is -1.30. The van der Waals surface area contributed by atoms with Crippen LogP contribution in [-0.2, 0) is 31.3 Å². The molecule has 1 aliphatic rings. The summed E-state index contributed by atoms with van der Waals surface area (Å²) >= 11 is 1.46. The van der Waals surface area contributed by atoms with Crippen LogP contribution in [0.15, 0.2) is 51.6 Å². The fourth-order valence-corrected chi connectivity index (χ4v) is 5.54. The van der Waals surface area contributed by atoms with Gasteiger partial charge in [-0.2, -0.15) is 4.31 Å². The normalized spacial score (nSPS) is 16.8. The molecule has 0 atom stereocenters. The maximum atomic E-state index is 12.5. The van der Waals surface area contributed by atoms with Gasteiger partial charge in [-0.25, -0.2) is 21.6 Å². The number of benzene rings is 1. The van der Waals surface area contributed by atoms with Gasteiger partial charge in [-0.3, -0.25) is 0 Å². The van der Waals surface area contributed by atoms with Crippen LogP contribution < -0.4 is 4.72 Å². The Morgan fingerprint density at radius 3 is 2.24 bits per heavy atom. The van der Waals surface area contributed by atoms with E-state index in [0.29, 0.717) is 26.3 Å². The van der Waals surface area contributed by atoms with E-state index in [0.717, 1.165) is 4.88 Å². The van der Waals surface area contributed by atoms with E-state index in [1.165, 1.54) is 39.9 Å². The second kappa shape index (κ2) is 7.52. The van der Waals surface area contributed by atoms with Crippen molar-refractivity contribution >= 4 is 31.4 Å². The summed E-state index contributed by atoms with van der Waals surface area (Å²) in [5.41, 5.74) is 0. The third kappa shape index (κ3) is 4.27. The minimum Gasteiger partial charge on any atom is -0.379 e. The molecule has 136 valence electrons. The lowest BCUT2D eigenvalue weighted by atomic mass is 10.4. The number of sulfonamides is 2. The zero-order chi connectivity index (χ0) is 17.9. The number of rotatable bonds is 6. The molecule has 10 heteroatoms. The van der Waals surface area contributed by atoms with E-state index >= 15 is 0 Å². The molecule has 0 spiro atoms. The molecule has 2 heterocycles. The van der Waals surface area contributed by atoms with E-state index in [1.807, 2.05) is 17.5 Å². The van der Waals surface area contributed by atoms with Crippen molar-refractivity contribution in [1.29, 1.82) is 0 Å². The highest BCUT2D eigenvalue weighted by Crippen LogP contribution is 2.20. The lowest BCUT2D eigenvalue weighted by Gasteiger charge is -2.26. The van der Waals surface area contributed by atoms with Gasteiger partial charge in [-0.15, -0.1) is 11.3 Å². The van der Waals surface area contributed by atoms with E-state index in [1.54, 1.807) is 0 Å². The molecule has 0 radical (unpaired) electrons. The quantitative estimate of drug-likeness (QED) is 0.785. The molecule has 1 aliphatic heterocycles. The zero-order valence-electron chi connectivity index (χ0n) is 13.3. The third-order valence-electron chi connectivity index (χ3n) is 3.76. The van der Waals surface area contributed by atoms with Crippen molar-refractivity contribution in [2.75, 3.05) is 26.3 Å². The Morgan fingerprint density at radius 2 is 1.64 bits per heavy atom. The second-order valence-corrected chi connectivity index (χ2v) is 10.1. The first-order chi connectivity index (χ1) is 11.9. The van der Waals surface area contributed by atoms with Crippen LogP contribution in [0.5, 0.6) is 0 Å². The highest BCUT2D eigenvalue weighted by Gasteiger charge is 2.26. The Kier molecular flexibility index (Phi) is 5.56. The summed E-state index contributed by atoms with van der Waals surface area (Å²) in [6.45, 7) is 1.51. The van der Waals surface area contributed by atoms with Crippen LogP contribution in [0.25, 0.3) is 0 Å². The van der Waals surface area contributed by atoms with E-state index < -0.39 is 20.0 Å². The van der Waals surface area contributed by atoms with Crippen LogP contribution in [-0.4, -0.2) is 47.4 Å². The Bertz CT molecular complexity index is 901. The molecular formula is C15H18N2O5S3. The number of nitrogens with zero attached hydrogens (tertiary/aromatic N) is 1. The SMILES string of the molecule is O=S(=O)(NCc1cccs1)c1ccc(S(=O)(=O)N2CCOCC2)cc1. The molecule has 0 amide bonds. The summed E-state index contributed by atoms with van der Waals surface area (Å²) < 4.78 is 58.7. The third-order valence-corrected chi connectivity index (χ3v) is 7.96. The summed E-state index contributed by atoms with van der Waals surface area (Å²) in [5.74, 6) is 0. The monoisotopic (exact) mass is 402 g/mol. The van der Waals surface area contributed by atoms with Crippen molar-refractivity contribution in [3.63, 3.8) is 0 Å². The first-order valence-corrected chi connectivity index (χ1v) is 11.4. The molecule has 1 aromatic heterocycles. The lowest BCUT2D eigenvalue weighted by Crippen LogP contribution is -2.40. The van der Waals surface area contributed by atoms with Crippen molar-refractivity contribution in [1.82, 2.24) is 9.03 Å². The predicted molar refractivity (Wildman–Crippen MR) is 94.4 cm³/mol. The van der Waals surface area contributed by atoms with Gasteiger partial charge in [0, 0.05) is 24.5 Å². The van der Waals surface area contributed by atoms with Gasteiger partial charge < -0.3 is 4.74 Å². The highest BCUT2D eigenvalue weighted by atomic mass is 32.2. The van der Waals surface area contributed by atoms with Gasteiger partial charge in [0.2, 0.25) is 20.0 Å². The maximum absolute atomic E-state index is 12.5. The first-order valence-electron chi connectivity index (χ1n) is 7.60. The Morgan fingerprint density at radius 1 is 1.00 bits per heavy atom.